The number of rotatable bonds is 7. The molecule has 0 radical (unpaired) electrons. The van der Waals surface area contributed by atoms with E-state index in [2.05, 4.69) is 26.1 Å². The standard InChI is InChI=1S/C13H26N2O.ClH/c1-4-10(5-2)8-12(16)15-13(3,9-14)11-6-7-11;/h10-11H,4-9,14H2,1-3H3,(H,15,16);1H. The normalized spacial score (nSPS) is 18.4. The average molecular weight is 263 g/mol. The highest BCUT2D eigenvalue weighted by Crippen LogP contribution is 2.39. The Morgan fingerprint density at radius 2 is 1.94 bits per heavy atom. The van der Waals surface area contributed by atoms with Crippen LogP contribution in [0.5, 0.6) is 0 Å². The van der Waals surface area contributed by atoms with Crippen LogP contribution >= 0.6 is 12.4 Å². The first-order chi connectivity index (χ1) is 7.55. The highest BCUT2D eigenvalue weighted by atomic mass is 35.5. The highest BCUT2D eigenvalue weighted by molar-refractivity contribution is 5.85. The van der Waals surface area contributed by atoms with Crippen LogP contribution in [0, 0.1) is 11.8 Å². The lowest BCUT2D eigenvalue weighted by Gasteiger charge is -2.30. The zero-order valence-corrected chi connectivity index (χ0v) is 12.1. The van der Waals surface area contributed by atoms with Crippen LogP contribution in [0.2, 0.25) is 0 Å². The monoisotopic (exact) mass is 262 g/mol. The van der Waals surface area contributed by atoms with E-state index in [0.717, 1.165) is 12.8 Å². The van der Waals surface area contributed by atoms with Gasteiger partial charge in [0.1, 0.15) is 0 Å². The van der Waals surface area contributed by atoms with Gasteiger partial charge in [0.2, 0.25) is 5.91 Å². The van der Waals surface area contributed by atoms with E-state index in [9.17, 15) is 4.79 Å². The van der Waals surface area contributed by atoms with Crippen LogP contribution in [0.1, 0.15) is 52.9 Å². The summed E-state index contributed by atoms with van der Waals surface area (Å²) in [4.78, 5) is 11.9. The number of hydrogen-bond acceptors (Lipinski definition) is 2. The Hall–Kier alpha value is -0.280. The van der Waals surface area contributed by atoms with Crippen LogP contribution in [-0.4, -0.2) is 18.0 Å². The summed E-state index contributed by atoms with van der Waals surface area (Å²) in [6.45, 7) is 6.91. The van der Waals surface area contributed by atoms with Gasteiger partial charge < -0.3 is 11.1 Å². The molecular formula is C13H27ClN2O. The van der Waals surface area contributed by atoms with Gasteiger partial charge >= 0.3 is 0 Å². The quantitative estimate of drug-likeness (QED) is 0.741. The summed E-state index contributed by atoms with van der Waals surface area (Å²) < 4.78 is 0. The van der Waals surface area contributed by atoms with Crippen molar-refractivity contribution >= 4 is 18.3 Å². The van der Waals surface area contributed by atoms with Crippen LogP contribution in [-0.2, 0) is 4.79 Å². The first-order valence-corrected chi connectivity index (χ1v) is 6.56. The summed E-state index contributed by atoms with van der Waals surface area (Å²) in [5, 5.41) is 3.14. The largest absolute Gasteiger partial charge is 0.349 e. The maximum atomic E-state index is 11.9. The van der Waals surface area contributed by atoms with Gasteiger partial charge in [-0.2, -0.15) is 0 Å². The summed E-state index contributed by atoms with van der Waals surface area (Å²) in [7, 11) is 0. The number of nitrogens with one attached hydrogen (secondary N) is 1. The van der Waals surface area contributed by atoms with Crippen molar-refractivity contribution in [3.8, 4) is 0 Å². The van der Waals surface area contributed by atoms with Crippen molar-refractivity contribution in [2.75, 3.05) is 6.54 Å². The SMILES string of the molecule is CCC(CC)CC(=O)NC(C)(CN)C1CC1.Cl. The van der Waals surface area contributed by atoms with Crippen molar-refractivity contribution in [1.82, 2.24) is 5.32 Å². The molecule has 0 aromatic heterocycles. The Morgan fingerprint density at radius 3 is 2.29 bits per heavy atom. The third kappa shape index (κ3) is 4.84. The maximum absolute atomic E-state index is 11.9. The van der Waals surface area contributed by atoms with Gasteiger partial charge in [-0.1, -0.05) is 26.7 Å². The Morgan fingerprint density at radius 1 is 1.41 bits per heavy atom. The Balaban J connectivity index is 0.00000256. The first-order valence-electron chi connectivity index (χ1n) is 6.56. The van der Waals surface area contributed by atoms with E-state index < -0.39 is 0 Å². The van der Waals surface area contributed by atoms with Gasteiger partial charge in [-0.15, -0.1) is 12.4 Å². The second-order valence-electron chi connectivity index (χ2n) is 5.33. The maximum Gasteiger partial charge on any atom is 0.220 e. The molecule has 0 spiro atoms. The molecule has 1 fully saturated rings. The van der Waals surface area contributed by atoms with Crippen molar-refractivity contribution in [1.29, 1.82) is 0 Å². The number of halogens is 1. The minimum Gasteiger partial charge on any atom is -0.349 e. The Bertz CT molecular complexity index is 240. The molecule has 1 saturated carbocycles. The van der Waals surface area contributed by atoms with E-state index in [1.807, 2.05) is 0 Å². The van der Waals surface area contributed by atoms with Crippen LogP contribution in [0.4, 0.5) is 0 Å². The van der Waals surface area contributed by atoms with Crippen LogP contribution in [0.25, 0.3) is 0 Å². The molecule has 1 unspecified atom stereocenters. The molecule has 4 heteroatoms. The van der Waals surface area contributed by atoms with Gasteiger partial charge in [0.15, 0.2) is 0 Å². The molecule has 0 aromatic carbocycles. The van der Waals surface area contributed by atoms with Crippen LogP contribution < -0.4 is 11.1 Å². The molecule has 1 rings (SSSR count). The summed E-state index contributed by atoms with van der Waals surface area (Å²) in [6, 6.07) is 0. The molecule has 0 bridgehead atoms. The molecular weight excluding hydrogens is 236 g/mol. The summed E-state index contributed by atoms with van der Waals surface area (Å²) in [5.41, 5.74) is 5.61. The van der Waals surface area contributed by atoms with Crippen molar-refractivity contribution in [2.24, 2.45) is 17.6 Å². The van der Waals surface area contributed by atoms with Crippen molar-refractivity contribution < 1.29 is 4.79 Å². The van der Waals surface area contributed by atoms with Crippen LogP contribution in [0.3, 0.4) is 0 Å². The average Bonchev–Trinajstić information content (AvgIpc) is 3.09. The molecule has 1 atom stereocenters. The molecule has 3 nitrogen and oxygen atoms in total. The van der Waals surface area contributed by atoms with E-state index in [-0.39, 0.29) is 23.9 Å². The minimum atomic E-state index is -0.164. The molecule has 0 aliphatic heterocycles. The first kappa shape index (κ1) is 16.7. The van der Waals surface area contributed by atoms with Gasteiger partial charge in [-0.25, -0.2) is 0 Å². The molecule has 0 heterocycles. The van der Waals surface area contributed by atoms with Crippen molar-refractivity contribution in [3.63, 3.8) is 0 Å². The fourth-order valence-electron chi connectivity index (χ4n) is 2.25. The number of carbonyl (C=O) groups is 1. The Labute approximate surface area is 111 Å². The summed E-state index contributed by atoms with van der Waals surface area (Å²) >= 11 is 0. The van der Waals surface area contributed by atoms with E-state index in [4.69, 9.17) is 5.73 Å². The van der Waals surface area contributed by atoms with E-state index >= 15 is 0 Å². The van der Waals surface area contributed by atoms with E-state index in [0.29, 0.717) is 24.8 Å². The van der Waals surface area contributed by atoms with Gasteiger partial charge in [-0.05, 0) is 31.6 Å². The van der Waals surface area contributed by atoms with E-state index in [1.54, 1.807) is 0 Å². The van der Waals surface area contributed by atoms with Crippen LogP contribution in [0.15, 0.2) is 0 Å². The summed E-state index contributed by atoms with van der Waals surface area (Å²) in [5.74, 6) is 1.29. The van der Waals surface area contributed by atoms with Gasteiger partial charge in [0.25, 0.3) is 0 Å². The molecule has 17 heavy (non-hydrogen) atoms. The highest BCUT2D eigenvalue weighted by Gasteiger charge is 2.41. The third-order valence-corrected chi connectivity index (χ3v) is 3.96. The molecule has 0 aromatic rings. The molecule has 3 N–H and O–H groups in total. The fraction of sp³-hybridized carbons (Fsp3) is 0.923. The number of hydrogen-bond donors (Lipinski definition) is 2. The minimum absolute atomic E-state index is 0. The number of amides is 1. The topological polar surface area (TPSA) is 55.1 Å². The Kier molecular flexibility index (Phi) is 7.10. The molecule has 1 aliphatic carbocycles. The van der Waals surface area contributed by atoms with Crippen molar-refractivity contribution in [2.45, 2.75) is 58.4 Å². The lowest BCUT2D eigenvalue weighted by atomic mass is 9.94. The van der Waals surface area contributed by atoms with Gasteiger partial charge in [0.05, 0.1) is 5.54 Å². The smallest absolute Gasteiger partial charge is 0.220 e. The van der Waals surface area contributed by atoms with E-state index in [1.165, 1.54) is 12.8 Å². The third-order valence-electron chi connectivity index (χ3n) is 3.96. The zero-order valence-electron chi connectivity index (χ0n) is 11.3. The second kappa shape index (κ2) is 7.22. The lowest BCUT2D eigenvalue weighted by Crippen LogP contribution is -2.53. The molecule has 1 aliphatic rings. The molecule has 1 amide bonds. The van der Waals surface area contributed by atoms with Crippen molar-refractivity contribution in [3.05, 3.63) is 0 Å². The van der Waals surface area contributed by atoms with Gasteiger partial charge in [0, 0.05) is 13.0 Å². The summed E-state index contributed by atoms with van der Waals surface area (Å²) in [6.07, 6.45) is 5.21. The lowest BCUT2D eigenvalue weighted by molar-refractivity contribution is -0.124. The van der Waals surface area contributed by atoms with Gasteiger partial charge in [-0.3, -0.25) is 4.79 Å². The zero-order chi connectivity index (χ0) is 12.2. The molecule has 0 saturated heterocycles. The fourth-order valence-corrected chi connectivity index (χ4v) is 2.25. The second-order valence-corrected chi connectivity index (χ2v) is 5.33. The molecule has 102 valence electrons. The number of carbonyl (C=O) groups excluding carboxylic acids is 1. The number of nitrogens with two attached hydrogens (primary N) is 1. The predicted molar refractivity (Wildman–Crippen MR) is 74.3 cm³/mol. The predicted octanol–water partition coefficient (Wildman–Crippen LogP) is 2.48.